The molecule has 0 spiro atoms. The summed E-state index contributed by atoms with van der Waals surface area (Å²) >= 11 is 0. The van der Waals surface area contributed by atoms with Crippen molar-refractivity contribution in [2.45, 2.75) is 13.0 Å². The molecule has 0 saturated heterocycles. The van der Waals surface area contributed by atoms with Gasteiger partial charge in [-0.25, -0.2) is 4.79 Å². The largest absolute Gasteiger partial charge is 0.374 e. The molecule has 5 nitrogen and oxygen atoms in total. The van der Waals surface area contributed by atoms with E-state index < -0.39 is 18.0 Å². The number of carbonyl (C=O) groups is 2. The third-order valence-corrected chi connectivity index (χ3v) is 2.77. The zero-order valence-corrected chi connectivity index (χ0v) is 10.5. The molecule has 0 saturated carbocycles. The zero-order chi connectivity index (χ0) is 13.8. The summed E-state index contributed by atoms with van der Waals surface area (Å²) in [6, 6.07) is 12.3. The number of fused-ring (bicyclic) bond motifs is 1. The van der Waals surface area contributed by atoms with E-state index in [4.69, 9.17) is 5.73 Å². The van der Waals surface area contributed by atoms with Gasteiger partial charge < -0.3 is 11.1 Å². The number of nitrogens with one attached hydrogen (secondary N) is 2. The molecule has 0 aliphatic carbocycles. The van der Waals surface area contributed by atoms with Crippen LogP contribution in [0.1, 0.15) is 6.92 Å². The molecule has 1 unspecified atom stereocenters. The minimum Gasteiger partial charge on any atom is -0.374 e. The molecule has 0 radical (unpaired) electrons. The van der Waals surface area contributed by atoms with Gasteiger partial charge in [0.1, 0.15) is 6.04 Å². The molecule has 0 heterocycles. The van der Waals surface area contributed by atoms with Crippen LogP contribution in [0, 0.1) is 0 Å². The van der Waals surface area contributed by atoms with E-state index >= 15 is 0 Å². The van der Waals surface area contributed by atoms with E-state index in [1.807, 2.05) is 47.8 Å². The number of primary amides is 1. The van der Waals surface area contributed by atoms with Gasteiger partial charge in [0, 0.05) is 5.69 Å². The first-order valence-corrected chi connectivity index (χ1v) is 5.92. The first kappa shape index (κ1) is 12.9. The normalized spacial score (nSPS) is 11.8. The van der Waals surface area contributed by atoms with Crippen LogP contribution in [0.25, 0.3) is 10.8 Å². The van der Waals surface area contributed by atoms with Crippen LogP contribution in [0.2, 0.25) is 0 Å². The number of anilines is 1. The lowest BCUT2D eigenvalue weighted by Gasteiger charge is -2.14. The molecule has 2 rings (SSSR count). The van der Waals surface area contributed by atoms with E-state index in [-0.39, 0.29) is 0 Å². The number of amides is 3. The Morgan fingerprint density at radius 1 is 1.11 bits per heavy atom. The van der Waals surface area contributed by atoms with Gasteiger partial charge in [-0.15, -0.1) is 0 Å². The number of hydrogen-bond donors (Lipinski definition) is 3. The Labute approximate surface area is 110 Å². The lowest BCUT2D eigenvalue weighted by atomic mass is 10.1. The maximum absolute atomic E-state index is 11.5. The second-order valence-corrected chi connectivity index (χ2v) is 4.28. The number of carbonyl (C=O) groups excluding carboxylic acids is 2. The highest BCUT2D eigenvalue weighted by atomic mass is 16.2. The second kappa shape index (κ2) is 5.39. The number of urea groups is 1. The summed E-state index contributed by atoms with van der Waals surface area (Å²) < 4.78 is 0. The van der Waals surface area contributed by atoms with E-state index in [9.17, 15) is 9.59 Å². The minimum absolute atomic E-state index is 0.458. The van der Waals surface area contributed by atoms with Gasteiger partial charge in [-0.1, -0.05) is 30.3 Å². The fourth-order valence-electron chi connectivity index (χ4n) is 1.82. The fourth-order valence-corrected chi connectivity index (χ4v) is 1.82. The molecule has 0 aromatic heterocycles. The zero-order valence-electron chi connectivity index (χ0n) is 10.5. The predicted molar refractivity (Wildman–Crippen MR) is 74.8 cm³/mol. The summed E-state index contributed by atoms with van der Waals surface area (Å²) in [5.41, 5.74) is 5.71. The van der Waals surface area contributed by atoms with Crippen molar-refractivity contribution in [3.8, 4) is 0 Å². The molecule has 5 heteroatoms. The van der Waals surface area contributed by atoms with Crippen molar-refractivity contribution in [1.82, 2.24) is 5.32 Å². The van der Waals surface area contributed by atoms with Gasteiger partial charge in [-0.05, 0) is 29.8 Å². The topological polar surface area (TPSA) is 84.2 Å². The average molecular weight is 257 g/mol. The molecule has 0 fully saturated rings. The molecule has 2 aromatic rings. The van der Waals surface area contributed by atoms with Crippen LogP contribution < -0.4 is 16.4 Å². The Morgan fingerprint density at radius 2 is 1.79 bits per heavy atom. The van der Waals surface area contributed by atoms with Crippen molar-refractivity contribution in [1.29, 1.82) is 0 Å². The number of rotatable bonds is 3. The smallest absolute Gasteiger partial charge is 0.318 e. The average Bonchev–Trinajstić information content (AvgIpc) is 2.37. The third-order valence-electron chi connectivity index (χ3n) is 2.77. The van der Waals surface area contributed by atoms with Gasteiger partial charge in [0.15, 0.2) is 0 Å². The van der Waals surface area contributed by atoms with Crippen LogP contribution in [0.4, 0.5) is 10.5 Å². The molecule has 3 amide bonds. The Morgan fingerprint density at radius 3 is 2.47 bits per heavy atom. The SMILES string of the molecule is CC(Nc1ccc2ccccc2c1)C(=O)NC(N)=O. The van der Waals surface area contributed by atoms with Crippen LogP contribution in [-0.2, 0) is 4.79 Å². The Hall–Kier alpha value is -2.56. The first-order valence-electron chi connectivity index (χ1n) is 5.92. The van der Waals surface area contributed by atoms with Crippen LogP contribution in [-0.4, -0.2) is 18.0 Å². The number of nitrogens with two attached hydrogens (primary N) is 1. The van der Waals surface area contributed by atoms with E-state index in [1.54, 1.807) is 6.92 Å². The Bertz CT molecular complexity index is 625. The fraction of sp³-hybridized carbons (Fsp3) is 0.143. The van der Waals surface area contributed by atoms with Crippen LogP contribution >= 0.6 is 0 Å². The molecule has 1 atom stereocenters. The minimum atomic E-state index is -0.850. The van der Waals surface area contributed by atoms with E-state index in [0.29, 0.717) is 0 Å². The predicted octanol–water partition coefficient (Wildman–Crippen LogP) is 1.84. The van der Waals surface area contributed by atoms with Crippen molar-refractivity contribution >= 4 is 28.4 Å². The van der Waals surface area contributed by atoms with E-state index in [0.717, 1.165) is 16.5 Å². The standard InChI is InChI=1S/C14H15N3O2/c1-9(13(18)17-14(15)19)16-12-7-6-10-4-2-3-5-11(10)8-12/h2-9,16H,1H3,(H3,15,17,18,19). The molecule has 4 N–H and O–H groups in total. The van der Waals surface area contributed by atoms with Gasteiger partial charge in [0.25, 0.3) is 0 Å². The number of hydrogen-bond acceptors (Lipinski definition) is 3. The summed E-state index contributed by atoms with van der Waals surface area (Å²) in [5.74, 6) is -0.458. The monoisotopic (exact) mass is 257 g/mol. The maximum Gasteiger partial charge on any atom is 0.318 e. The van der Waals surface area contributed by atoms with Crippen LogP contribution in [0.3, 0.4) is 0 Å². The van der Waals surface area contributed by atoms with Crippen LogP contribution in [0.15, 0.2) is 42.5 Å². The first-order chi connectivity index (χ1) is 9.06. The van der Waals surface area contributed by atoms with Gasteiger partial charge >= 0.3 is 6.03 Å². The highest BCUT2D eigenvalue weighted by Gasteiger charge is 2.13. The summed E-state index contributed by atoms with van der Waals surface area (Å²) in [7, 11) is 0. The van der Waals surface area contributed by atoms with Crippen molar-refractivity contribution in [3.63, 3.8) is 0 Å². The molecule has 98 valence electrons. The number of imide groups is 1. The van der Waals surface area contributed by atoms with E-state index in [1.165, 1.54) is 0 Å². The van der Waals surface area contributed by atoms with Crippen molar-refractivity contribution in [3.05, 3.63) is 42.5 Å². The van der Waals surface area contributed by atoms with Crippen molar-refractivity contribution in [2.75, 3.05) is 5.32 Å². The number of benzene rings is 2. The van der Waals surface area contributed by atoms with Crippen LogP contribution in [0.5, 0.6) is 0 Å². The molecular formula is C14H15N3O2. The Kier molecular flexibility index (Phi) is 3.66. The summed E-state index contributed by atoms with van der Waals surface area (Å²) in [6.07, 6.45) is 0. The lowest BCUT2D eigenvalue weighted by molar-refractivity contribution is -0.120. The van der Waals surface area contributed by atoms with Gasteiger partial charge in [-0.2, -0.15) is 0 Å². The Balaban J connectivity index is 2.12. The molecule has 0 aliphatic rings. The van der Waals surface area contributed by atoms with Gasteiger partial charge in [-0.3, -0.25) is 10.1 Å². The highest BCUT2D eigenvalue weighted by molar-refractivity contribution is 5.97. The lowest BCUT2D eigenvalue weighted by Crippen LogP contribution is -2.43. The highest BCUT2D eigenvalue weighted by Crippen LogP contribution is 2.19. The van der Waals surface area contributed by atoms with E-state index in [2.05, 4.69) is 5.32 Å². The van der Waals surface area contributed by atoms with Gasteiger partial charge in [0.05, 0.1) is 0 Å². The van der Waals surface area contributed by atoms with Crippen molar-refractivity contribution in [2.24, 2.45) is 5.73 Å². The molecule has 0 bridgehead atoms. The molecule has 0 aliphatic heterocycles. The maximum atomic E-state index is 11.5. The van der Waals surface area contributed by atoms with Crippen molar-refractivity contribution < 1.29 is 9.59 Å². The summed E-state index contributed by atoms with van der Waals surface area (Å²) in [4.78, 5) is 22.2. The van der Waals surface area contributed by atoms with Gasteiger partial charge in [0.2, 0.25) is 5.91 Å². The third kappa shape index (κ3) is 3.22. The molecule has 2 aromatic carbocycles. The summed E-state index contributed by atoms with van der Waals surface area (Å²) in [5, 5.41) is 7.26. The second-order valence-electron chi connectivity index (χ2n) is 4.28. The molecular weight excluding hydrogens is 242 g/mol. The quantitative estimate of drug-likeness (QED) is 0.784. The summed E-state index contributed by atoms with van der Waals surface area (Å²) in [6.45, 7) is 1.66. The molecule has 19 heavy (non-hydrogen) atoms.